The fourth-order valence-corrected chi connectivity index (χ4v) is 3.87. The lowest BCUT2D eigenvalue weighted by Gasteiger charge is -2.25. The van der Waals surface area contributed by atoms with Gasteiger partial charge in [-0.1, -0.05) is 32.1 Å². The van der Waals surface area contributed by atoms with E-state index in [9.17, 15) is 4.79 Å². The minimum atomic E-state index is -0.298. The second-order valence-corrected chi connectivity index (χ2v) is 7.07. The molecule has 2 atom stereocenters. The van der Waals surface area contributed by atoms with Gasteiger partial charge in [0.2, 0.25) is 5.91 Å². The summed E-state index contributed by atoms with van der Waals surface area (Å²) in [6, 6.07) is 0.849. The molecule has 3 aliphatic rings. The first-order chi connectivity index (χ1) is 9.72. The molecule has 114 valence electrons. The normalized spacial score (nSPS) is 30.4. The molecule has 0 aromatic rings. The zero-order valence-electron chi connectivity index (χ0n) is 12.5. The summed E-state index contributed by atoms with van der Waals surface area (Å²) in [5.74, 6) is 0.759. The van der Waals surface area contributed by atoms with Gasteiger partial charge in [0.05, 0.1) is 6.04 Å². The van der Waals surface area contributed by atoms with Crippen molar-refractivity contribution >= 4 is 5.91 Å². The highest BCUT2D eigenvalue weighted by Crippen LogP contribution is 2.30. The Labute approximate surface area is 122 Å². The van der Waals surface area contributed by atoms with E-state index in [2.05, 4.69) is 10.2 Å². The van der Waals surface area contributed by atoms with Crippen LogP contribution in [0.25, 0.3) is 0 Å². The Hall–Kier alpha value is -0.610. The van der Waals surface area contributed by atoms with Gasteiger partial charge in [0, 0.05) is 25.2 Å². The minimum Gasteiger partial charge on any atom is -0.351 e. The van der Waals surface area contributed by atoms with Gasteiger partial charge in [-0.15, -0.1) is 0 Å². The lowest BCUT2D eigenvalue weighted by molar-refractivity contribution is -0.123. The topological polar surface area (TPSA) is 58.4 Å². The van der Waals surface area contributed by atoms with Gasteiger partial charge in [0.15, 0.2) is 0 Å². The van der Waals surface area contributed by atoms with E-state index in [0.717, 1.165) is 32.0 Å². The summed E-state index contributed by atoms with van der Waals surface area (Å²) in [5, 5.41) is 3.18. The van der Waals surface area contributed by atoms with Crippen LogP contribution in [0.3, 0.4) is 0 Å². The lowest BCUT2D eigenvalue weighted by Crippen LogP contribution is -2.47. The number of nitrogens with two attached hydrogens (primary N) is 1. The summed E-state index contributed by atoms with van der Waals surface area (Å²) in [5.41, 5.74) is 6.11. The highest BCUT2D eigenvalue weighted by atomic mass is 16.2. The van der Waals surface area contributed by atoms with Crippen molar-refractivity contribution in [2.24, 2.45) is 11.7 Å². The molecule has 3 N–H and O–H groups in total. The Bertz CT molecular complexity index is 337. The van der Waals surface area contributed by atoms with Gasteiger partial charge in [-0.05, 0) is 31.6 Å². The predicted octanol–water partition coefficient (Wildman–Crippen LogP) is 1.64. The Kier molecular flexibility index (Phi) is 4.61. The number of rotatable bonds is 5. The summed E-state index contributed by atoms with van der Waals surface area (Å²) in [7, 11) is 0. The molecule has 0 spiro atoms. The van der Waals surface area contributed by atoms with Crippen LogP contribution in [0.5, 0.6) is 0 Å². The maximum absolute atomic E-state index is 12.2. The molecule has 3 fully saturated rings. The van der Waals surface area contributed by atoms with Gasteiger partial charge in [-0.3, -0.25) is 9.69 Å². The van der Waals surface area contributed by atoms with Crippen molar-refractivity contribution in [3.63, 3.8) is 0 Å². The molecule has 20 heavy (non-hydrogen) atoms. The van der Waals surface area contributed by atoms with Gasteiger partial charge in [-0.2, -0.15) is 0 Å². The van der Waals surface area contributed by atoms with Crippen LogP contribution in [0.4, 0.5) is 0 Å². The van der Waals surface area contributed by atoms with Crippen molar-refractivity contribution in [3.8, 4) is 0 Å². The highest BCUT2D eigenvalue weighted by molar-refractivity contribution is 5.81. The summed E-state index contributed by atoms with van der Waals surface area (Å²) in [4.78, 5) is 14.7. The zero-order chi connectivity index (χ0) is 13.9. The number of nitrogens with one attached hydrogen (secondary N) is 1. The first-order valence-electron chi connectivity index (χ1n) is 8.52. The molecule has 2 aliphatic carbocycles. The third-order valence-corrected chi connectivity index (χ3v) is 5.28. The monoisotopic (exact) mass is 279 g/mol. The molecule has 1 amide bonds. The van der Waals surface area contributed by atoms with Crippen LogP contribution in [-0.4, -0.2) is 42.0 Å². The van der Waals surface area contributed by atoms with Crippen molar-refractivity contribution in [3.05, 3.63) is 0 Å². The van der Waals surface area contributed by atoms with Crippen LogP contribution in [0.2, 0.25) is 0 Å². The lowest BCUT2D eigenvalue weighted by atomic mass is 9.85. The Morgan fingerprint density at radius 2 is 1.90 bits per heavy atom. The molecule has 1 aliphatic heterocycles. The van der Waals surface area contributed by atoms with Crippen LogP contribution >= 0.6 is 0 Å². The van der Waals surface area contributed by atoms with Crippen LogP contribution in [0, 0.1) is 5.92 Å². The molecule has 0 radical (unpaired) electrons. The molecule has 2 saturated carbocycles. The zero-order valence-corrected chi connectivity index (χ0v) is 12.5. The second kappa shape index (κ2) is 6.44. The number of hydrogen-bond donors (Lipinski definition) is 2. The molecule has 4 heteroatoms. The molecule has 1 heterocycles. The first kappa shape index (κ1) is 14.3. The van der Waals surface area contributed by atoms with Crippen LogP contribution in [-0.2, 0) is 4.79 Å². The fraction of sp³-hybridized carbons (Fsp3) is 0.938. The number of nitrogens with zero attached hydrogens (tertiary/aromatic N) is 1. The van der Waals surface area contributed by atoms with Crippen molar-refractivity contribution < 1.29 is 4.79 Å². The SMILES string of the molecule is NC(CC1CCCCC1)C(=O)NC1CCN(C2CC2)C1. The molecular weight excluding hydrogens is 250 g/mol. The number of amides is 1. The van der Waals surface area contributed by atoms with Crippen LogP contribution in [0.15, 0.2) is 0 Å². The maximum Gasteiger partial charge on any atom is 0.237 e. The molecular formula is C16H29N3O. The van der Waals surface area contributed by atoms with Crippen molar-refractivity contribution in [2.45, 2.75) is 75.9 Å². The summed E-state index contributed by atoms with van der Waals surface area (Å²) in [6.07, 6.45) is 11.2. The summed E-state index contributed by atoms with van der Waals surface area (Å²) in [6.45, 7) is 2.18. The molecule has 0 aromatic carbocycles. The van der Waals surface area contributed by atoms with Crippen molar-refractivity contribution in [1.29, 1.82) is 0 Å². The molecule has 2 unspecified atom stereocenters. The van der Waals surface area contributed by atoms with Gasteiger partial charge in [0.25, 0.3) is 0 Å². The smallest absolute Gasteiger partial charge is 0.237 e. The van der Waals surface area contributed by atoms with E-state index in [4.69, 9.17) is 5.73 Å². The largest absolute Gasteiger partial charge is 0.351 e. The van der Waals surface area contributed by atoms with Gasteiger partial charge in [0.1, 0.15) is 0 Å². The highest BCUT2D eigenvalue weighted by Gasteiger charge is 2.35. The Morgan fingerprint density at radius 3 is 2.60 bits per heavy atom. The molecule has 0 bridgehead atoms. The number of carbonyl (C=O) groups is 1. The van der Waals surface area contributed by atoms with E-state index in [1.54, 1.807) is 0 Å². The standard InChI is InChI=1S/C16H29N3O/c17-15(10-12-4-2-1-3-5-12)16(20)18-13-8-9-19(11-13)14-6-7-14/h12-15H,1-11,17H2,(H,18,20). The average molecular weight is 279 g/mol. The minimum absolute atomic E-state index is 0.0817. The Morgan fingerprint density at radius 1 is 1.15 bits per heavy atom. The van der Waals surface area contributed by atoms with E-state index in [0.29, 0.717) is 12.0 Å². The summed E-state index contributed by atoms with van der Waals surface area (Å²) < 4.78 is 0. The van der Waals surface area contributed by atoms with Gasteiger partial charge < -0.3 is 11.1 Å². The number of hydrogen-bond acceptors (Lipinski definition) is 3. The average Bonchev–Trinajstić information content (AvgIpc) is 3.20. The van der Waals surface area contributed by atoms with Crippen molar-refractivity contribution in [1.82, 2.24) is 10.2 Å². The summed E-state index contributed by atoms with van der Waals surface area (Å²) >= 11 is 0. The van der Waals surface area contributed by atoms with E-state index < -0.39 is 0 Å². The van der Waals surface area contributed by atoms with E-state index in [1.165, 1.54) is 44.9 Å². The predicted molar refractivity (Wildman–Crippen MR) is 80.3 cm³/mol. The molecule has 1 saturated heterocycles. The third-order valence-electron chi connectivity index (χ3n) is 5.28. The molecule has 4 nitrogen and oxygen atoms in total. The van der Waals surface area contributed by atoms with Gasteiger partial charge >= 0.3 is 0 Å². The second-order valence-electron chi connectivity index (χ2n) is 7.07. The quantitative estimate of drug-likeness (QED) is 0.804. The van der Waals surface area contributed by atoms with Crippen LogP contribution < -0.4 is 11.1 Å². The third kappa shape index (κ3) is 3.73. The Balaban J connectivity index is 1.39. The van der Waals surface area contributed by atoms with E-state index >= 15 is 0 Å². The maximum atomic E-state index is 12.2. The number of likely N-dealkylation sites (tertiary alicyclic amines) is 1. The number of carbonyl (C=O) groups excluding carboxylic acids is 1. The van der Waals surface area contributed by atoms with E-state index in [-0.39, 0.29) is 11.9 Å². The van der Waals surface area contributed by atoms with Gasteiger partial charge in [-0.25, -0.2) is 0 Å². The fourth-order valence-electron chi connectivity index (χ4n) is 3.87. The molecule has 0 aromatic heterocycles. The van der Waals surface area contributed by atoms with E-state index in [1.807, 2.05) is 0 Å². The van der Waals surface area contributed by atoms with Crippen molar-refractivity contribution in [2.75, 3.05) is 13.1 Å². The molecule has 3 rings (SSSR count). The first-order valence-corrected chi connectivity index (χ1v) is 8.52. The van der Waals surface area contributed by atoms with Crippen LogP contribution in [0.1, 0.15) is 57.8 Å².